The van der Waals surface area contributed by atoms with Crippen LogP contribution in [-0.4, -0.2) is 29.1 Å². The summed E-state index contributed by atoms with van der Waals surface area (Å²) >= 11 is 0. The second-order valence-corrected chi connectivity index (χ2v) is 7.08. The van der Waals surface area contributed by atoms with Crippen molar-refractivity contribution in [3.8, 4) is 0 Å². The van der Waals surface area contributed by atoms with Gasteiger partial charge in [0.05, 0.1) is 5.92 Å². The van der Waals surface area contributed by atoms with E-state index in [9.17, 15) is 14.7 Å². The summed E-state index contributed by atoms with van der Waals surface area (Å²) in [7, 11) is 0. The number of nitrogens with one attached hydrogen (secondary N) is 1. The number of amides is 1. The lowest BCUT2D eigenvalue weighted by Gasteiger charge is -2.32. The first-order chi connectivity index (χ1) is 8.71. The van der Waals surface area contributed by atoms with Gasteiger partial charge in [-0.25, -0.2) is 4.79 Å². The van der Waals surface area contributed by atoms with Crippen LogP contribution in [0.5, 0.6) is 0 Å². The highest BCUT2D eigenvalue weighted by atomic mass is 16.4. The lowest BCUT2D eigenvalue weighted by Crippen LogP contribution is -2.54. The maximum atomic E-state index is 12.4. The predicted molar refractivity (Wildman–Crippen MR) is 71.3 cm³/mol. The van der Waals surface area contributed by atoms with E-state index in [1.54, 1.807) is 0 Å². The first kappa shape index (κ1) is 14.3. The highest BCUT2D eigenvalue weighted by Crippen LogP contribution is 2.47. The minimum Gasteiger partial charge on any atom is -0.480 e. The fourth-order valence-corrected chi connectivity index (χ4v) is 3.61. The number of aliphatic carboxylic acids is 1. The number of hydrogen-bond donors (Lipinski definition) is 3. The third-order valence-corrected chi connectivity index (χ3v) is 4.68. The first-order valence-electron chi connectivity index (χ1n) is 7.00. The molecule has 0 aromatic carbocycles. The van der Waals surface area contributed by atoms with E-state index in [-0.39, 0.29) is 17.9 Å². The third-order valence-electron chi connectivity index (χ3n) is 4.68. The number of rotatable bonds is 3. The van der Waals surface area contributed by atoms with Crippen LogP contribution in [0.25, 0.3) is 0 Å². The van der Waals surface area contributed by atoms with Crippen molar-refractivity contribution in [3.63, 3.8) is 0 Å². The van der Waals surface area contributed by atoms with Crippen molar-refractivity contribution in [1.29, 1.82) is 0 Å². The lowest BCUT2D eigenvalue weighted by molar-refractivity contribution is -0.146. The maximum Gasteiger partial charge on any atom is 0.326 e. The monoisotopic (exact) mass is 268 g/mol. The Morgan fingerprint density at radius 2 is 1.84 bits per heavy atom. The maximum absolute atomic E-state index is 12.4. The van der Waals surface area contributed by atoms with E-state index in [0.29, 0.717) is 11.8 Å². The van der Waals surface area contributed by atoms with Gasteiger partial charge in [-0.15, -0.1) is 0 Å². The zero-order chi connectivity index (χ0) is 14.4. The number of carbonyl (C=O) groups excluding carboxylic acids is 1. The Kier molecular flexibility index (Phi) is 3.60. The molecule has 5 heteroatoms. The number of carboxylic acid groups (broad SMARTS) is 1. The predicted octanol–water partition coefficient (Wildman–Crippen LogP) is 0.975. The molecule has 0 aromatic heterocycles. The van der Waals surface area contributed by atoms with Crippen molar-refractivity contribution in [1.82, 2.24) is 5.32 Å². The molecule has 4 N–H and O–H groups in total. The minimum absolute atomic E-state index is 0.104. The largest absolute Gasteiger partial charge is 0.480 e. The molecule has 2 saturated carbocycles. The second kappa shape index (κ2) is 4.78. The summed E-state index contributed by atoms with van der Waals surface area (Å²) in [4.78, 5) is 23.6. The van der Waals surface area contributed by atoms with Crippen molar-refractivity contribution in [3.05, 3.63) is 0 Å². The van der Waals surface area contributed by atoms with Crippen LogP contribution in [0.1, 0.15) is 40.0 Å². The quantitative estimate of drug-likeness (QED) is 0.711. The van der Waals surface area contributed by atoms with Crippen LogP contribution in [0.15, 0.2) is 0 Å². The summed E-state index contributed by atoms with van der Waals surface area (Å²) < 4.78 is 0. The van der Waals surface area contributed by atoms with Crippen molar-refractivity contribution >= 4 is 11.9 Å². The van der Waals surface area contributed by atoms with E-state index in [0.717, 1.165) is 19.3 Å². The molecule has 19 heavy (non-hydrogen) atoms. The average molecular weight is 268 g/mol. The molecule has 0 spiro atoms. The summed E-state index contributed by atoms with van der Waals surface area (Å²) in [5, 5.41) is 11.9. The number of carboxylic acids is 1. The average Bonchev–Trinajstić information content (AvgIpc) is 2.83. The van der Waals surface area contributed by atoms with Gasteiger partial charge in [-0.05, 0) is 36.5 Å². The standard InChI is InChI=1S/C14H24N2O3/c1-14(2,3)11(13(18)19)16-12(17)9-7-4-5-8(6-7)10(9)15/h7-11H,4-6,15H2,1-3H3,(H,16,17)(H,18,19). The highest BCUT2D eigenvalue weighted by Gasteiger charge is 2.50. The van der Waals surface area contributed by atoms with Gasteiger partial charge in [-0.3, -0.25) is 4.79 Å². The molecular formula is C14H24N2O3. The second-order valence-electron chi connectivity index (χ2n) is 7.08. The van der Waals surface area contributed by atoms with E-state index < -0.39 is 17.4 Å². The summed E-state index contributed by atoms with van der Waals surface area (Å²) in [6, 6.07) is -0.973. The number of nitrogens with two attached hydrogens (primary N) is 1. The van der Waals surface area contributed by atoms with Gasteiger partial charge in [0.1, 0.15) is 6.04 Å². The van der Waals surface area contributed by atoms with Gasteiger partial charge >= 0.3 is 5.97 Å². The van der Waals surface area contributed by atoms with Gasteiger partial charge in [-0.2, -0.15) is 0 Å². The summed E-state index contributed by atoms with van der Waals surface area (Å²) in [6.45, 7) is 5.44. The van der Waals surface area contributed by atoms with E-state index in [1.165, 1.54) is 0 Å². The van der Waals surface area contributed by atoms with Crippen molar-refractivity contribution in [2.24, 2.45) is 28.9 Å². The molecule has 0 aliphatic heterocycles. The summed E-state index contributed by atoms with van der Waals surface area (Å²) in [6.07, 6.45) is 3.17. The Morgan fingerprint density at radius 1 is 1.26 bits per heavy atom. The van der Waals surface area contributed by atoms with Crippen molar-refractivity contribution < 1.29 is 14.7 Å². The van der Waals surface area contributed by atoms with Gasteiger partial charge < -0.3 is 16.2 Å². The van der Waals surface area contributed by atoms with Gasteiger partial charge in [0.15, 0.2) is 0 Å². The first-order valence-corrected chi connectivity index (χ1v) is 7.00. The Morgan fingerprint density at radius 3 is 2.26 bits per heavy atom. The van der Waals surface area contributed by atoms with Gasteiger partial charge in [0.25, 0.3) is 0 Å². The normalized spacial score (nSPS) is 35.2. The van der Waals surface area contributed by atoms with Crippen LogP contribution in [0.4, 0.5) is 0 Å². The number of hydrogen-bond acceptors (Lipinski definition) is 3. The molecule has 0 heterocycles. The topological polar surface area (TPSA) is 92.4 Å². The Hall–Kier alpha value is -1.10. The molecule has 0 radical (unpaired) electrons. The van der Waals surface area contributed by atoms with Crippen LogP contribution >= 0.6 is 0 Å². The van der Waals surface area contributed by atoms with Gasteiger partial charge in [0, 0.05) is 6.04 Å². The van der Waals surface area contributed by atoms with E-state index >= 15 is 0 Å². The van der Waals surface area contributed by atoms with Crippen LogP contribution in [0, 0.1) is 23.2 Å². The molecule has 5 nitrogen and oxygen atoms in total. The molecule has 2 rings (SSSR count). The molecule has 2 aliphatic rings. The molecule has 2 aliphatic carbocycles. The van der Waals surface area contributed by atoms with E-state index in [2.05, 4.69) is 5.32 Å². The van der Waals surface area contributed by atoms with Crippen LogP contribution in [0.2, 0.25) is 0 Å². The zero-order valence-corrected chi connectivity index (χ0v) is 11.8. The molecular weight excluding hydrogens is 244 g/mol. The summed E-state index contributed by atoms with van der Waals surface area (Å²) in [5.41, 5.74) is 5.61. The Bertz CT molecular complexity index is 387. The van der Waals surface area contributed by atoms with Crippen LogP contribution < -0.4 is 11.1 Å². The SMILES string of the molecule is CC(C)(C)C(NC(=O)C1C2CCC(C2)C1N)C(=O)O. The van der Waals surface area contributed by atoms with E-state index in [1.807, 2.05) is 20.8 Å². The molecule has 5 unspecified atom stereocenters. The number of carbonyl (C=O) groups is 2. The fraction of sp³-hybridized carbons (Fsp3) is 0.857. The van der Waals surface area contributed by atoms with Gasteiger partial charge in [-0.1, -0.05) is 20.8 Å². The molecule has 0 saturated heterocycles. The molecule has 108 valence electrons. The Labute approximate surface area is 113 Å². The molecule has 5 atom stereocenters. The molecule has 0 aromatic rings. The zero-order valence-electron chi connectivity index (χ0n) is 11.8. The third kappa shape index (κ3) is 2.61. The highest BCUT2D eigenvalue weighted by molar-refractivity contribution is 5.86. The molecule has 2 fully saturated rings. The van der Waals surface area contributed by atoms with Crippen LogP contribution in [-0.2, 0) is 9.59 Å². The van der Waals surface area contributed by atoms with E-state index in [4.69, 9.17) is 5.73 Å². The Balaban J connectivity index is 2.06. The fourth-order valence-electron chi connectivity index (χ4n) is 3.61. The summed E-state index contributed by atoms with van der Waals surface area (Å²) in [5.74, 6) is -0.587. The number of fused-ring (bicyclic) bond motifs is 2. The van der Waals surface area contributed by atoms with Crippen LogP contribution in [0.3, 0.4) is 0 Å². The molecule has 2 bridgehead atoms. The van der Waals surface area contributed by atoms with Crippen molar-refractivity contribution in [2.75, 3.05) is 0 Å². The van der Waals surface area contributed by atoms with Crippen molar-refractivity contribution in [2.45, 2.75) is 52.1 Å². The molecule has 1 amide bonds. The minimum atomic E-state index is -0.988. The lowest BCUT2D eigenvalue weighted by atomic mass is 9.82. The smallest absolute Gasteiger partial charge is 0.326 e. The van der Waals surface area contributed by atoms with Gasteiger partial charge in [0.2, 0.25) is 5.91 Å².